The standard InChI is InChI=1S/C18H11ClN4O2S/c19-13-5-1-4-12(7-13)18-22-15(9-26-18)17(24)21-14-6-2-3-11(8-14)16-20-10-25-23-16/h1-10H,(H,21,24). The van der Waals surface area contributed by atoms with Gasteiger partial charge in [0.2, 0.25) is 12.2 Å². The molecule has 26 heavy (non-hydrogen) atoms. The first-order valence-corrected chi connectivity index (χ1v) is 8.84. The number of carbonyl (C=O) groups excluding carboxylic acids is 1. The minimum Gasteiger partial charge on any atom is -0.342 e. The molecule has 0 unspecified atom stereocenters. The van der Waals surface area contributed by atoms with Crippen molar-refractivity contribution in [2.45, 2.75) is 0 Å². The third-order valence-electron chi connectivity index (χ3n) is 3.55. The van der Waals surface area contributed by atoms with Crippen molar-refractivity contribution in [3.8, 4) is 22.0 Å². The lowest BCUT2D eigenvalue weighted by atomic mass is 10.2. The van der Waals surface area contributed by atoms with Crippen LogP contribution in [-0.4, -0.2) is 21.0 Å². The van der Waals surface area contributed by atoms with Crippen LogP contribution in [0.1, 0.15) is 10.5 Å². The van der Waals surface area contributed by atoms with Gasteiger partial charge in [-0.3, -0.25) is 4.79 Å². The molecular weight excluding hydrogens is 372 g/mol. The number of aromatic nitrogens is 3. The fourth-order valence-corrected chi connectivity index (χ4v) is 3.35. The molecule has 6 nitrogen and oxygen atoms in total. The average molecular weight is 383 g/mol. The minimum absolute atomic E-state index is 0.292. The number of nitrogens with one attached hydrogen (secondary N) is 1. The fourth-order valence-electron chi connectivity index (χ4n) is 2.36. The minimum atomic E-state index is -0.292. The zero-order valence-electron chi connectivity index (χ0n) is 13.2. The monoisotopic (exact) mass is 382 g/mol. The van der Waals surface area contributed by atoms with E-state index in [1.807, 2.05) is 24.3 Å². The van der Waals surface area contributed by atoms with Gasteiger partial charge in [-0.05, 0) is 24.3 Å². The van der Waals surface area contributed by atoms with Gasteiger partial charge in [0.1, 0.15) is 10.7 Å². The van der Waals surface area contributed by atoms with Gasteiger partial charge in [-0.2, -0.15) is 4.98 Å². The number of anilines is 1. The molecule has 1 amide bonds. The summed E-state index contributed by atoms with van der Waals surface area (Å²) in [6.07, 6.45) is 1.26. The average Bonchev–Trinajstić information content (AvgIpc) is 3.34. The summed E-state index contributed by atoms with van der Waals surface area (Å²) in [4.78, 5) is 20.9. The summed E-state index contributed by atoms with van der Waals surface area (Å²) in [5, 5.41) is 9.70. The van der Waals surface area contributed by atoms with Crippen LogP contribution in [0.5, 0.6) is 0 Å². The number of rotatable bonds is 4. The molecule has 0 aliphatic carbocycles. The third-order valence-corrected chi connectivity index (χ3v) is 4.67. The molecule has 2 heterocycles. The molecular formula is C18H11ClN4O2S. The quantitative estimate of drug-likeness (QED) is 0.550. The molecule has 128 valence electrons. The molecule has 0 radical (unpaired) electrons. The molecule has 0 spiro atoms. The summed E-state index contributed by atoms with van der Waals surface area (Å²) >= 11 is 7.40. The summed E-state index contributed by atoms with van der Waals surface area (Å²) < 4.78 is 4.75. The summed E-state index contributed by atoms with van der Waals surface area (Å²) in [7, 11) is 0. The van der Waals surface area contributed by atoms with Gasteiger partial charge in [-0.25, -0.2) is 4.98 Å². The second-order valence-corrected chi connectivity index (χ2v) is 6.63. The number of halogens is 1. The van der Waals surface area contributed by atoms with Crippen LogP contribution in [0, 0.1) is 0 Å². The number of hydrogen-bond acceptors (Lipinski definition) is 6. The number of nitrogens with zero attached hydrogens (tertiary/aromatic N) is 3. The molecule has 0 aliphatic rings. The second-order valence-electron chi connectivity index (χ2n) is 5.34. The van der Waals surface area contributed by atoms with Crippen molar-refractivity contribution < 1.29 is 9.32 Å². The molecule has 0 atom stereocenters. The van der Waals surface area contributed by atoms with E-state index < -0.39 is 0 Å². The summed E-state index contributed by atoms with van der Waals surface area (Å²) in [6, 6.07) is 14.6. The van der Waals surface area contributed by atoms with Gasteiger partial charge in [0.05, 0.1) is 0 Å². The normalized spacial score (nSPS) is 10.7. The van der Waals surface area contributed by atoms with Gasteiger partial charge in [0.25, 0.3) is 5.91 Å². The van der Waals surface area contributed by atoms with Gasteiger partial charge in [-0.1, -0.05) is 41.0 Å². The fraction of sp³-hybridized carbons (Fsp3) is 0. The molecule has 4 aromatic rings. The first-order chi connectivity index (χ1) is 12.7. The van der Waals surface area contributed by atoms with Crippen LogP contribution in [-0.2, 0) is 0 Å². The second kappa shape index (κ2) is 7.07. The van der Waals surface area contributed by atoms with Crippen LogP contribution >= 0.6 is 22.9 Å². The van der Waals surface area contributed by atoms with E-state index in [-0.39, 0.29) is 5.91 Å². The first-order valence-electron chi connectivity index (χ1n) is 7.59. The molecule has 2 aromatic heterocycles. The van der Waals surface area contributed by atoms with Crippen molar-refractivity contribution >= 4 is 34.5 Å². The Morgan fingerprint density at radius 3 is 2.77 bits per heavy atom. The lowest BCUT2D eigenvalue weighted by Gasteiger charge is -2.04. The Morgan fingerprint density at radius 2 is 1.96 bits per heavy atom. The maximum absolute atomic E-state index is 12.5. The molecule has 0 saturated heterocycles. The van der Waals surface area contributed by atoms with E-state index in [1.165, 1.54) is 17.7 Å². The zero-order chi connectivity index (χ0) is 17.9. The maximum Gasteiger partial charge on any atom is 0.275 e. The van der Waals surface area contributed by atoms with E-state index in [0.29, 0.717) is 22.2 Å². The topological polar surface area (TPSA) is 80.9 Å². The summed E-state index contributed by atoms with van der Waals surface area (Å²) in [6.45, 7) is 0. The van der Waals surface area contributed by atoms with Gasteiger partial charge in [0, 0.05) is 27.2 Å². The largest absolute Gasteiger partial charge is 0.342 e. The van der Waals surface area contributed by atoms with Gasteiger partial charge >= 0.3 is 0 Å². The van der Waals surface area contributed by atoms with Crippen LogP contribution in [0.15, 0.2) is 64.8 Å². The number of amides is 1. The predicted molar refractivity (Wildman–Crippen MR) is 100 cm³/mol. The SMILES string of the molecule is O=C(Nc1cccc(-c2ncon2)c1)c1csc(-c2cccc(Cl)c2)n1. The Morgan fingerprint density at radius 1 is 1.12 bits per heavy atom. The number of benzene rings is 2. The van der Waals surface area contributed by atoms with Crippen molar-refractivity contribution in [3.63, 3.8) is 0 Å². The highest BCUT2D eigenvalue weighted by atomic mass is 35.5. The van der Waals surface area contributed by atoms with E-state index in [4.69, 9.17) is 16.1 Å². The Labute approximate surface area is 157 Å². The van der Waals surface area contributed by atoms with Crippen molar-refractivity contribution in [2.24, 2.45) is 0 Å². The van der Waals surface area contributed by atoms with Crippen molar-refractivity contribution in [1.29, 1.82) is 0 Å². The lowest BCUT2D eigenvalue weighted by molar-refractivity contribution is 0.102. The molecule has 0 bridgehead atoms. The molecule has 0 fully saturated rings. The van der Waals surface area contributed by atoms with Crippen LogP contribution in [0.4, 0.5) is 5.69 Å². The van der Waals surface area contributed by atoms with Gasteiger partial charge in [0.15, 0.2) is 0 Å². The Bertz CT molecular complexity index is 1060. The lowest BCUT2D eigenvalue weighted by Crippen LogP contribution is -2.12. The number of hydrogen-bond donors (Lipinski definition) is 1. The predicted octanol–water partition coefficient (Wildman–Crippen LogP) is 4.77. The van der Waals surface area contributed by atoms with E-state index in [9.17, 15) is 4.79 Å². The Kier molecular flexibility index (Phi) is 4.47. The molecule has 0 saturated carbocycles. The van der Waals surface area contributed by atoms with Crippen LogP contribution in [0.2, 0.25) is 5.02 Å². The Balaban J connectivity index is 1.53. The number of thiazole rings is 1. The highest BCUT2D eigenvalue weighted by Crippen LogP contribution is 2.26. The maximum atomic E-state index is 12.5. The van der Waals surface area contributed by atoms with Crippen LogP contribution in [0.25, 0.3) is 22.0 Å². The van der Waals surface area contributed by atoms with Crippen molar-refractivity contribution in [1.82, 2.24) is 15.1 Å². The van der Waals surface area contributed by atoms with Gasteiger partial charge in [-0.15, -0.1) is 11.3 Å². The van der Waals surface area contributed by atoms with Crippen molar-refractivity contribution in [2.75, 3.05) is 5.32 Å². The molecule has 8 heteroatoms. The first kappa shape index (κ1) is 16.4. The highest BCUT2D eigenvalue weighted by Gasteiger charge is 2.13. The third kappa shape index (κ3) is 3.49. The molecule has 0 aliphatic heterocycles. The smallest absolute Gasteiger partial charge is 0.275 e. The van der Waals surface area contributed by atoms with Crippen molar-refractivity contribution in [3.05, 3.63) is 71.0 Å². The molecule has 2 aromatic carbocycles. The Hall–Kier alpha value is -3.03. The summed E-state index contributed by atoms with van der Waals surface area (Å²) in [5.41, 5.74) is 2.58. The van der Waals surface area contributed by atoms with E-state index in [2.05, 4.69) is 20.4 Å². The highest BCUT2D eigenvalue weighted by molar-refractivity contribution is 7.13. The van der Waals surface area contributed by atoms with E-state index in [0.717, 1.165) is 16.1 Å². The number of carbonyl (C=O) groups is 1. The molecule has 4 rings (SSSR count). The van der Waals surface area contributed by atoms with Gasteiger partial charge < -0.3 is 9.84 Å². The van der Waals surface area contributed by atoms with E-state index in [1.54, 1.807) is 29.6 Å². The zero-order valence-corrected chi connectivity index (χ0v) is 14.8. The van der Waals surface area contributed by atoms with Crippen LogP contribution in [0.3, 0.4) is 0 Å². The van der Waals surface area contributed by atoms with Crippen LogP contribution < -0.4 is 5.32 Å². The van der Waals surface area contributed by atoms with E-state index >= 15 is 0 Å². The summed E-state index contributed by atoms with van der Waals surface area (Å²) in [5.74, 6) is 0.165. The molecule has 1 N–H and O–H groups in total.